The van der Waals surface area contributed by atoms with Gasteiger partial charge in [0.2, 0.25) is 5.91 Å². The molecule has 250 valence electrons. The molecule has 10 nitrogen and oxygen atoms in total. The number of likely N-dealkylation sites (tertiary alicyclic amines) is 1. The van der Waals surface area contributed by atoms with Gasteiger partial charge in [-0.05, 0) is 76.3 Å². The zero-order chi connectivity index (χ0) is 33.7. The highest BCUT2D eigenvalue weighted by Crippen LogP contribution is 2.42. The number of allylic oxidation sites excluding steroid dienone is 2. The van der Waals surface area contributed by atoms with Crippen LogP contribution in [-0.4, -0.2) is 68.2 Å². The Kier molecular flexibility index (Phi) is 8.54. The number of ether oxygens (including phenoxy) is 1. The van der Waals surface area contributed by atoms with Crippen molar-refractivity contribution in [1.82, 2.24) is 29.3 Å². The SMILES string of the molecule is COc1cc(C(=O)N2CCC[C@@H](N)C2)cc2nc(-c3cc4ccc5nc4n3CCC/C=C/C[C@](C)(C(F)(F)F)C(=O)N[C@@H]5C)n(C)c12. The Hall–Kier alpha value is -4.39. The first kappa shape index (κ1) is 32.5. The highest BCUT2D eigenvalue weighted by atomic mass is 19.4. The number of halogens is 3. The van der Waals surface area contributed by atoms with Gasteiger partial charge in [0.1, 0.15) is 22.3 Å². The number of carbonyl (C=O) groups is 2. The summed E-state index contributed by atoms with van der Waals surface area (Å²) in [5.74, 6) is -0.0453. The van der Waals surface area contributed by atoms with Crippen LogP contribution in [0.2, 0.25) is 0 Å². The number of imidazole rings is 1. The van der Waals surface area contributed by atoms with Gasteiger partial charge in [-0.3, -0.25) is 9.59 Å². The summed E-state index contributed by atoms with van der Waals surface area (Å²) in [6, 6.07) is 8.29. The number of methoxy groups -OCH3 is 1. The van der Waals surface area contributed by atoms with Crippen molar-refractivity contribution < 1.29 is 27.5 Å². The molecule has 0 spiro atoms. The first-order chi connectivity index (χ1) is 22.3. The van der Waals surface area contributed by atoms with E-state index in [2.05, 4.69) is 9.88 Å². The predicted molar refractivity (Wildman–Crippen MR) is 173 cm³/mol. The fourth-order valence-corrected chi connectivity index (χ4v) is 6.56. The number of alkyl halides is 3. The lowest BCUT2D eigenvalue weighted by Gasteiger charge is -2.31. The van der Waals surface area contributed by atoms with Crippen LogP contribution in [0.3, 0.4) is 0 Å². The lowest BCUT2D eigenvalue weighted by Crippen LogP contribution is -2.49. The number of hydrogen-bond donors (Lipinski definition) is 2. The van der Waals surface area contributed by atoms with Gasteiger partial charge in [0.05, 0.1) is 30.1 Å². The summed E-state index contributed by atoms with van der Waals surface area (Å²) >= 11 is 0. The molecular formula is C34H40F3N7O3. The zero-order valence-corrected chi connectivity index (χ0v) is 27.0. The summed E-state index contributed by atoms with van der Waals surface area (Å²) in [5, 5.41) is 3.38. The number of fused-ring (bicyclic) bond motifs is 2. The van der Waals surface area contributed by atoms with E-state index in [1.54, 1.807) is 43.2 Å². The van der Waals surface area contributed by atoms with E-state index in [1.807, 2.05) is 23.7 Å². The van der Waals surface area contributed by atoms with Crippen molar-refractivity contribution in [2.24, 2.45) is 18.2 Å². The van der Waals surface area contributed by atoms with Gasteiger partial charge in [-0.2, -0.15) is 13.2 Å². The van der Waals surface area contributed by atoms with Crippen molar-refractivity contribution in [2.75, 3.05) is 20.2 Å². The molecule has 3 N–H and O–H groups in total. The number of hydrogen-bond acceptors (Lipinski definition) is 6. The highest BCUT2D eigenvalue weighted by Gasteiger charge is 2.56. The van der Waals surface area contributed by atoms with Crippen LogP contribution in [0, 0.1) is 5.41 Å². The smallest absolute Gasteiger partial charge is 0.403 e. The molecule has 3 aromatic heterocycles. The minimum atomic E-state index is -4.72. The third-order valence-electron chi connectivity index (χ3n) is 9.50. The second-order valence-electron chi connectivity index (χ2n) is 12.9. The number of nitrogens with two attached hydrogens (primary N) is 1. The maximum atomic E-state index is 14.1. The van der Waals surface area contributed by atoms with Crippen LogP contribution in [0.25, 0.3) is 33.6 Å². The predicted octanol–water partition coefficient (Wildman–Crippen LogP) is 5.65. The van der Waals surface area contributed by atoms with Gasteiger partial charge in [0, 0.05) is 43.7 Å². The maximum Gasteiger partial charge on any atom is 0.403 e. The van der Waals surface area contributed by atoms with Crippen LogP contribution in [-0.2, 0) is 18.4 Å². The first-order valence-corrected chi connectivity index (χ1v) is 15.9. The molecule has 2 amide bonds. The van der Waals surface area contributed by atoms with E-state index in [0.29, 0.717) is 66.5 Å². The molecule has 3 atom stereocenters. The molecule has 0 aliphatic carbocycles. The van der Waals surface area contributed by atoms with Crippen molar-refractivity contribution in [1.29, 1.82) is 0 Å². The average molecular weight is 652 g/mol. The third-order valence-corrected chi connectivity index (χ3v) is 9.50. The molecule has 1 saturated heterocycles. The number of rotatable bonds is 3. The van der Waals surface area contributed by atoms with E-state index in [4.69, 9.17) is 20.4 Å². The monoisotopic (exact) mass is 651 g/mol. The molecule has 13 heteroatoms. The summed E-state index contributed by atoms with van der Waals surface area (Å²) in [4.78, 5) is 38.1. The normalized spacial score (nSPS) is 23.6. The van der Waals surface area contributed by atoms with Gasteiger partial charge in [0.25, 0.3) is 5.91 Å². The van der Waals surface area contributed by atoms with Gasteiger partial charge in [-0.1, -0.05) is 12.2 Å². The minimum absolute atomic E-state index is 0.0477. The van der Waals surface area contributed by atoms with Crippen molar-refractivity contribution in [3.63, 3.8) is 0 Å². The number of nitrogens with one attached hydrogen (secondary N) is 1. The molecule has 6 rings (SSSR count). The lowest BCUT2D eigenvalue weighted by atomic mass is 9.84. The van der Waals surface area contributed by atoms with E-state index in [-0.39, 0.29) is 11.9 Å². The molecule has 4 aromatic rings. The van der Waals surface area contributed by atoms with Gasteiger partial charge in [0.15, 0.2) is 5.82 Å². The summed E-state index contributed by atoms with van der Waals surface area (Å²) in [6.45, 7) is 4.24. The molecule has 1 aromatic carbocycles. The van der Waals surface area contributed by atoms with Crippen molar-refractivity contribution >= 4 is 33.9 Å². The van der Waals surface area contributed by atoms with Gasteiger partial charge in [-0.25, -0.2) is 9.97 Å². The number of aryl methyl sites for hydroxylation is 2. The molecule has 2 bridgehead atoms. The first-order valence-electron chi connectivity index (χ1n) is 15.9. The van der Waals surface area contributed by atoms with Crippen LogP contribution in [0.4, 0.5) is 13.2 Å². The Morgan fingerprint density at radius 1 is 1.13 bits per heavy atom. The quantitative estimate of drug-likeness (QED) is 0.277. The largest absolute Gasteiger partial charge is 0.494 e. The summed E-state index contributed by atoms with van der Waals surface area (Å²) in [7, 11) is 3.46. The Morgan fingerprint density at radius 2 is 1.91 bits per heavy atom. The van der Waals surface area contributed by atoms with Crippen LogP contribution < -0.4 is 15.8 Å². The van der Waals surface area contributed by atoms with E-state index in [0.717, 1.165) is 36.4 Å². The van der Waals surface area contributed by atoms with E-state index in [9.17, 15) is 22.8 Å². The molecule has 1 fully saturated rings. The van der Waals surface area contributed by atoms with E-state index >= 15 is 0 Å². The second kappa shape index (κ2) is 12.3. The number of aromatic nitrogens is 4. The fraction of sp³-hybridized carbons (Fsp3) is 0.471. The Morgan fingerprint density at radius 3 is 2.64 bits per heavy atom. The standard InChI is InChI=1S/C34H40F3N7O3/c1-20-24-12-11-21-17-26(44(29(21)40-24)15-8-6-5-7-13-33(2,32(46)39-20)34(35,36)37)30-41-25-16-22(18-27(47-4)28(25)42(30)3)31(45)43-14-9-10-23(38)19-43/h5,7,11-12,16-18,20,23H,6,8-10,13-15,19,38H2,1-4H3,(H,39,46)/b7-5+/t20-,23-,33+/m1/s1. The number of nitrogens with zero attached hydrogens (tertiary/aromatic N) is 5. The zero-order valence-electron chi connectivity index (χ0n) is 27.0. The van der Waals surface area contributed by atoms with Crippen LogP contribution >= 0.6 is 0 Å². The van der Waals surface area contributed by atoms with Gasteiger partial charge >= 0.3 is 6.18 Å². The summed E-state index contributed by atoms with van der Waals surface area (Å²) < 4.78 is 51.9. The van der Waals surface area contributed by atoms with Crippen molar-refractivity contribution in [2.45, 2.75) is 70.8 Å². The maximum absolute atomic E-state index is 14.1. The number of benzene rings is 1. The topological polar surface area (TPSA) is 120 Å². The Labute approximate surface area is 270 Å². The minimum Gasteiger partial charge on any atom is -0.494 e. The van der Waals surface area contributed by atoms with E-state index < -0.39 is 30.0 Å². The molecule has 2 aliphatic heterocycles. The van der Waals surface area contributed by atoms with Gasteiger partial charge < -0.3 is 29.8 Å². The van der Waals surface area contributed by atoms with E-state index in [1.165, 1.54) is 6.08 Å². The number of carbonyl (C=O) groups excluding carboxylic acids is 2. The molecule has 0 unspecified atom stereocenters. The Balaban J connectivity index is 1.43. The fourth-order valence-electron chi connectivity index (χ4n) is 6.56. The number of piperidine rings is 1. The average Bonchev–Trinajstić information content (AvgIpc) is 3.57. The molecule has 47 heavy (non-hydrogen) atoms. The van der Waals surface area contributed by atoms with Gasteiger partial charge in [-0.15, -0.1) is 0 Å². The lowest BCUT2D eigenvalue weighted by molar-refractivity contribution is -0.216. The van der Waals surface area contributed by atoms with Crippen molar-refractivity contribution in [3.8, 4) is 17.3 Å². The third kappa shape index (κ3) is 5.85. The summed E-state index contributed by atoms with van der Waals surface area (Å²) in [5.41, 5.74) is 7.26. The van der Waals surface area contributed by atoms with Crippen LogP contribution in [0.5, 0.6) is 5.75 Å². The second-order valence-corrected chi connectivity index (χ2v) is 12.9. The number of amides is 2. The molecule has 0 saturated carbocycles. The van der Waals surface area contributed by atoms with Crippen LogP contribution in [0.15, 0.2) is 42.5 Å². The van der Waals surface area contributed by atoms with Crippen molar-refractivity contribution in [3.05, 3.63) is 53.7 Å². The molecule has 5 heterocycles. The molecular weight excluding hydrogens is 611 g/mol. The molecule has 0 radical (unpaired) electrons. The highest BCUT2D eigenvalue weighted by molar-refractivity contribution is 6.00. The Bertz CT molecular complexity index is 1880. The summed E-state index contributed by atoms with van der Waals surface area (Å²) in [6.07, 6.45) is 0.836. The number of pyridine rings is 1. The molecule has 2 aliphatic rings. The van der Waals surface area contributed by atoms with Crippen LogP contribution in [0.1, 0.15) is 68.0 Å².